The number of hydrogen-bond acceptors (Lipinski definition) is 7. The van der Waals surface area contributed by atoms with Gasteiger partial charge in [0.1, 0.15) is 17.2 Å². The molecule has 40 heavy (non-hydrogen) atoms. The number of methoxy groups -OCH3 is 1. The van der Waals surface area contributed by atoms with Crippen molar-refractivity contribution in [1.82, 2.24) is 25.5 Å². The van der Waals surface area contributed by atoms with Crippen LogP contribution in [0.4, 0.5) is 4.79 Å². The Morgan fingerprint density at radius 1 is 1.02 bits per heavy atom. The molecule has 2 aliphatic heterocycles. The number of aromatic hydroxyl groups is 1. The maximum atomic E-state index is 12.9. The van der Waals surface area contributed by atoms with Gasteiger partial charge in [0.2, 0.25) is 0 Å². The predicted octanol–water partition coefficient (Wildman–Crippen LogP) is 3.47. The molecule has 2 aliphatic rings. The largest absolute Gasteiger partial charge is 0.506 e. The first-order chi connectivity index (χ1) is 19.4. The number of pyridine rings is 2. The van der Waals surface area contributed by atoms with E-state index in [4.69, 9.17) is 4.74 Å². The number of fused-ring (bicyclic) bond motifs is 1. The van der Waals surface area contributed by atoms with Crippen LogP contribution in [0.2, 0.25) is 0 Å². The summed E-state index contributed by atoms with van der Waals surface area (Å²) in [6, 6.07) is 19.6. The third-order valence-electron chi connectivity index (χ3n) is 7.01. The van der Waals surface area contributed by atoms with Crippen LogP contribution in [-0.4, -0.2) is 51.1 Å². The van der Waals surface area contributed by atoms with Crippen LogP contribution in [0.1, 0.15) is 16.7 Å². The quantitative estimate of drug-likeness (QED) is 0.267. The molecule has 4 aromatic rings. The molecular weight excluding hydrogens is 506 g/mol. The molecule has 0 saturated carbocycles. The van der Waals surface area contributed by atoms with Gasteiger partial charge in [0.05, 0.1) is 12.8 Å². The van der Waals surface area contributed by atoms with E-state index in [2.05, 4.69) is 37.3 Å². The van der Waals surface area contributed by atoms with Crippen LogP contribution in [0.15, 0.2) is 79.1 Å². The molecule has 2 aromatic carbocycles. The van der Waals surface area contributed by atoms with Crippen molar-refractivity contribution in [3.8, 4) is 45.9 Å². The summed E-state index contributed by atoms with van der Waals surface area (Å²) in [6.45, 7) is 1.48. The van der Waals surface area contributed by atoms with Gasteiger partial charge in [-0.3, -0.25) is 20.0 Å². The maximum absolute atomic E-state index is 12.9. The first-order valence-corrected chi connectivity index (χ1v) is 12.7. The fourth-order valence-electron chi connectivity index (χ4n) is 4.98. The standard InChI is InChI=1S/C31H25N5O4/c1-40-25-9-8-23-17-36(18-24(23)15-25)19-31(29(38)34-30(39)35-31)13-12-20-4-6-21(7-5-20)28-27(37)11-10-26(33-28)22-3-2-14-32-16-22/h2-11,14-16,37H,17-19H2,1H3,(H2,34,35,38,39)/t31-/m1/s1. The van der Waals surface area contributed by atoms with Crippen LogP contribution in [0, 0.1) is 11.8 Å². The first-order valence-electron chi connectivity index (χ1n) is 12.7. The Morgan fingerprint density at radius 3 is 2.58 bits per heavy atom. The second kappa shape index (κ2) is 10.2. The van der Waals surface area contributed by atoms with Gasteiger partial charge in [0.15, 0.2) is 5.54 Å². The number of nitrogens with one attached hydrogen (secondary N) is 2. The Labute approximate surface area is 230 Å². The van der Waals surface area contributed by atoms with Crippen molar-refractivity contribution >= 4 is 11.9 Å². The van der Waals surface area contributed by atoms with E-state index in [1.54, 1.807) is 43.8 Å². The number of rotatable bonds is 5. The van der Waals surface area contributed by atoms with Crippen molar-refractivity contribution in [3.63, 3.8) is 0 Å². The topological polar surface area (TPSA) is 117 Å². The lowest BCUT2D eigenvalue weighted by Gasteiger charge is -2.26. The Kier molecular flexibility index (Phi) is 6.38. The third kappa shape index (κ3) is 4.84. The minimum Gasteiger partial charge on any atom is -0.506 e. The smallest absolute Gasteiger partial charge is 0.323 e. The van der Waals surface area contributed by atoms with E-state index in [-0.39, 0.29) is 12.3 Å². The minimum atomic E-state index is -1.39. The zero-order valence-corrected chi connectivity index (χ0v) is 21.6. The zero-order chi connectivity index (χ0) is 27.7. The third-order valence-corrected chi connectivity index (χ3v) is 7.01. The van der Waals surface area contributed by atoms with Crippen molar-refractivity contribution < 1.29 is 19.4 Å². The van der Waals surface area contributed by atoms with Crippen LogP contribution < -0.4 is 15.4 Å². The Balaban J connectivity index is 1.24. The fraction of sp³-hybridized carbons (Fsp3) is 0.161. The van der Waals surface area contributed by atoms with E-state index in [9.17, 15) is 14.7 Å². The molecular formula is C31H25N5O4. The monoisotopic (exact) mass is 531 g/mol. The summed E-state index contributed by atoms with van der Waals surface area (Å²) in [4.78, 5) is 35.9. The van der Waals surface area contributed by atoms with Crippen molar-refractivity contribution in [2.75, 3.05) is 13.7 Å². The molecule has 4 heterocycles. The summed E-state index contributed by atoms with van der Waals surface area (Å²) in [5.74, 6) is 6.45. The van der Waals surface area contributed by atoms with E-state index < -0.39 is 17.5 Å². The highest BCUT2D eigenvalue weighted by Crippen LogP contribution is 2.31. The molecule has 2 aromatic heterocycles. The van der Waals surface area contributed by atoms with Gasteiger partial charge in [-0.1, -0.05) is 30.0 Å². The number of carbonyl (C=O) groups is 2. The van der Waals surface area contributed by atoms with Crippen LogP contribution in [0.25, 0.3) is 22.5 Å². The number of hydrogen-bond donors (Lipinski definition) is 3. The Hall–Kier alpha value is -5.20. The van der Waals surface area contributed by atoms with Crippen molar-refractivity contribution in [2.45, 2.75) is 18.6 Å². The van der Waals surface area contributed by atoms with Gasteiger partial charge in [-0.15, -0.1) is 0 Å². The van der Waals surface area contributed by atoms with E-state index in [1.165, 1.54) is 0 Å². The van der Waals surface area contributed by atoms with Crippen molar-refractivity contribution in [2.24, 2.45) is 0 Å². The average molecular weight is 532 g/mol. The molecule has 6 rings (SSSR count). The lowest BCUT2D eigenvalue weighted by atomic mass is 9.98. The van der Waals surface area contributed by atoms with Crippen molar-refractivity contribution in [3.05, 3.63) is 95.8 Å². The zero-order valence-electron chi connectivity index (χ0n) is 21.6. The van der Waals surface area contributed by atoms with Gasteiger partial charge in [0, 0.05) is 48.7 Å². The summed E-state index contributed by atoms with van der Waals surface area (Å²) in [5.41, 5.74) is 4.20. The summed E-state index contributed by atoms with van der Waals surface area (Å²) >= 11 is 0. The number of carbonyl (C=O) groups excluding carboxylic acids is 2. The second-order valence-electron chi connectivity index (χ2n) is 9.73. The molecule has 198 valence electrons. The lowest BCUT2D eigenvalue weighted by Crippen LogP contribution is -2.53. The number of ether oxygens (including phenoxy) is 1. The number of nitrogens with zero attached hydrogens (tertiary/aromatic N) is 3. The average Bonchev–Trinajstić information content (AvgIpc) is 3.50. The highest BCUT2D eigenvalue weighted by Gasteiger charge is 2.47. The van der Waals surface area contributed by atoms with Crippen LogP contribution >= 0.6 is 0 Å². The summed E-state index contributed by atoms with van der Waals surface area (Å²) < 4.78 is 5.33. The van der Waals surface area contributed by atoms with Gasteiger partial charge in [-0.25, -0.2) is 9.78 Å². The molecule has 0 aliphatic carbocycles. The van der Waals surface area contributed by atoms with Gasteiger partial charge in [0.25, 0.3) is 5.91 Å². The SMILES string of the molecule is COc1ccc2c(c1)CN(C[C@@]1(C#Cc3ccc(-c4nc(-c5cccnc5)ccc4O)cc3)NC(=O)NC1=O)C2. The van der Waals surface area contributed by atoms with E-state index in [0.717, 1.165) is 22.4 Å². The second-order valence-corrected chi connectivity index (χ2v) is 9.73. The molecule has 0 spiro atoms. The number of benzene rings is 2. The summed E-state index contributed by atoms with van der Waals surface area (Å²) in [5, 5.41) is 15.5. The first kappa shape index (κ1) is 25.1. The molecule has 0 unspecified atom stereocenters. The number of urea groups is 1. The fourth-order valence-corrected chi connectivity index (χ4v) is 4.98. The van der Waals surface area contributed by atoms with Gasteiger partial charge < -0.3 is 15.2 Å². The molecule has 1 atom stereocenters. The van der Waals surface area contributed by atoms with Crippen LogP contribution in [-0.2, 0) is 17.9 Å². The maximum Gasteiger partial charge on any atom is 0.323 e. The number of imide groups is 1. The Morgan fingerprint density at radius 2 is 1.85 bits per heavy atom. The number of aromatic nitrogens is 2. The highest BCUT2D eigenvalue weighted by atomic mass is 16.5. The predicted molar refractivity (Wildman–Crippen MR) is 148 cm³/mol. The van der Waals surface area contributed by atoms with E-state index in [1.807, 2.05) is 42.5 Å². The lowest BCUT2D eigenvalue weighted by molar-refractivity contribution is -0.122. The molecule has 9 heteroatoms. The van der Waals surface area contributed by atoms with E-state index >= 15 is 0 Å². The van der Waals surface area contributed by atoms with Gasteiger partial charge in [-0.05, 0) is 59.7 Å². The molecule has 3 amide bonds. The number of amides is 3. The minimum absolute atomic E-state index is 0.0556. The molecule has 1 fully saturated rings. The van der Waals surface area contributed by atoms with Crippen LogP contribution in [0.3, 0.4) is 0 Å². The summed E-state index contributed by atoms with van der Waals surface area (Å²) in [7, 11) is 1.63. The molecule has 1 saturated heterocycles. The van der Waals surface area contributed by atoms with Gasteiger partial charge >= 0.3 is 6.03 Å². The van der Waals surface area contributed by atoms with Gasteiger partial charge in [-0.2, -0.15) is 0 Å². The highest BCUT2D eigenvalue weighted by molar-refractivity contribution is 6.09. The molecule has 0 radical (unpaired) electrons. The molecule has 3 N–H and O–H groups in total. The van der Waals surface area contributed by atoms with Crippen molar-refractivity contribution in [1.29, 1.82) is 0 Å². The summed E-state index contributed by atoms with van der Waals surface area (Å²) in [6.07, 6.45) is 3.41. The Bertz CT molecular complexity index is 1680. The normalized spacial score (nSPS) is 17.9. The molecule has 0 bridgehead atoms. The molecule has 9 nitrogen and oxygen atoms in total. The van der Waals surface area contributed by atoms with Crippen LogP contribution in [0.5, 0.6) is 11.5 Å². The van der Waals surface area contributed by atoms with E-state index in [0.29, 0.717) is 35.6 Å².